The molecule has 0 saturated heterocycles. The Hall–Kier alpha value is -1.83. The lowest BCUT2D eigenvalue weighted by molar-refractivity contribution is 0.112. The van der Waals surface area contributed by atoms with Gasteiger partial charge < -0.3 is 5.11 Å². The maximum Gasteiger partial charge on any atom is 0.150 e. The first-order valence-corrected chi connectivity index (χ1v) is 4.39. The van der Waals surface area contributed by atoms with Crippen molar-refractivity contribution in [1.29, 1.82) is 0 Å². The highest BCUT2D eigenvalue weighted by molar-refractivity contribution is 5.93. The zero-order chi connectivity index (χ0) is 10.1. The minimum Gasteiger partial charge on any atom is -0.507 e. The molecule has 0 radical (unpaired) electrons. The van der Waals surface area contributed by atoms with Gasteiger partial charge in [0.1, 0.15) is 12.0 Å². The molecule has 0 heterocycles. The number of phenolic OH excluding ortho intramolecular Hbond substituents is 1. The van der Waals surface area contributed by atoms with Crippen LogP contribution >= 0.6 is 0 Å². The number of aldehydes is 1. The van der Waals surface area contributed by atoms with Gasteiger partial charge in [0, 0.05) is 10.9 Å². The van der Waals surface area contributed by atoms with Gasteiger partial charge in [-0.1, -0.05) is 17.7 Å². The molecule has 0 saturated carbocycles. The maximum atomic E-state index is 10.6. The first kappa shape index (κ1) is 8.75. The number of hydrogen-bond acceptors (Lipinski definition) is 2. The minimum atomic E-state index is 0.160. The predicted molar refractivity (Wildman–Crippen MR) is 55.7 cm³/mol. The lowest BCUT2D eigenvalue weighted by atomic mass is 10.0. The first-order chi connectivity index (χ1) is 6.70. The van der Waals surface area contributed by atoms with Gasteiger partial charge in [-0.3, -0.25) is 4.79 Å². The Labute approximate surface area is 81.8 Å². The summed E-state index contributed by atoms with van der Waals surface area (Å²) < 4.78 is 0. The molecule has 0 bridgehead atoms. The molecule has 0 amide bonds. The summed E-state index contributed by atoms with van der Waals surface area (Å²) in [5.41, 5.74) is 1.59. The van der Waals surface area contributed by atoms with Crippen LogP contribution in [0.2, 0.25) is 0 Å². The number of benzene rings is 2. The molecule has 2 aromatic carbocycles. The van der Waals surface area contributed by atoms with Crippen LogP contribution < -0.4 is 0 Å². The zero-order valence-corrected chi connectivity index (χ0v) is 7.82. The van der Waals surface area contributed by atoms with Crippen molar-refractivity contribution in [3.05, 3.63) is 41.5 Å². The Balaban J connectivity index is 2.82. The van der Waals surface area contributed by atoms with Crippen LogP contribution in [0, 0.1) is 6.92 Å². The van der Waals surface area contributed by atoms with Crippen LogP contribution in [0.15, 0.2) is 30.3 Å². The van der Waals surface area contributed by atoms with Gasteiger partial charge in [-0.15, -0.1) is 0 Å². The normalized spacial score (nSPS) is 10.4. The molecule has 14 heavy (non-hydrogen) atoms. The van der Waals surface area contributed by atoms with Gasteiger partial charge in [0.15, 0.2) is 0 Å². The van der Waals surface area contributed by atoms with E-state index in [-0.39, 0.29) is 5.75 Å². The number of fused-ring (bicyclic) bond motifs is 1. The molecule has 2 heteroatoms. The van der Waals surface area contributed by atoms with Crippen LogP contribution in [0.3, 0.4) is 0 Å². The summed E-state index contributed by atoms with van der Waals surface area (Å²) in [6, 6.07) is 9.00. The van der Waals surface area contributed by atoms with Crippen molar-refractivity contribution in [2.45, 2.75) is 6.92 Å². The molecular weight excluding hydrogens is 176 g/mol. The van der Waals surface area contributed by atoms with Gasteiger partial charge in [-0.25, -0.2) is 0 Å². The number of carbonyl (C=O) groups is 1. The molecule has 70 valence electrons. The molecule has 0 unspecified atom stereocenters. The third-order valence-corrected chi connectivity index (χ3v) is 2.25. The molecule has 0 fully saturated rings. The number of phenols is 1. The summed E-state index contributed by atoms with van der Waals surface area (Å²) >= 11 is 0. The number of aryl methyl sites for hydroxylation is 1. The fraction of sp³-hybridized carbons (Fsp3) is 0.0833. The highest BCUT2D eigenvalue weighted by Crippen LogP contribution is 2.26. The Morgan fingerprint density at radius 2 is 2.00 bits per heavy atom. The summed E-state index contributed by atoms with van der Waals surface area (Å²) in [5, 5.41) is 11.3. The molecule has 0 aliphatic rings. The van der Waals surface area contributed by atoms with E-state index >= 15 is 0 Å². The van der Waals surface area contributed by atoms with Crippen molar-refractivity contribution in [3.8, 4) is 5.75 Å². The van der Waals surface area contributed by atoms with Crippen LogP contribution in [0.1, 0.15) is 15.9 Å². The second-order valence-corrected chi connectivity index (χ2v) is 3.38. The average Bonchev–Trinajstić information content (AvgIpc) is 2.19. The molecule has 0 aliphatic heterocycles. The number of aromatic hydroxyl groups is 1. The molecule has 2 rings (SSSR count). The van der Waals surface area contributed by atoms with E-state index in [0.29, 0.717) is 5.56 Å². The third kappa shape index (κ3) is 1.35. The largest absolute Gasteiger partial charge is 0.507 e. The molecule has 0 atom stereocenters. The van der Waals surface area contributed by atoms with Gasteiger partial charge in [-0.05, 0) is 30.5 Å². The quantitative estimate of drug-likeness (QED) is 0.695. The predicted octanol–water partition coefficient (Wildman–Crippen LogP) is 2.67. The maximum absolute atomic E-state index is 10.6. The molecule has 0 aromatic heterocycles. The number of carbonyl (C=O) groups excluding carboxylic acids is 1. The first-order valence-electron chi connectivity index (χ1n) is 4.39. The van der Waals surface area contributed by atoms with Crippen molar-refractivity contribution in [2.24, 2.45) is 0 Å². The van der Waals surface area contributed by atoms with Crippen LogP contribution in [-0.4, -0.2) is 11.4 Å². The van der Waals surface area contributed by atoms with Crippen LogP contribution in [0.5, 0.6) is 5.75 Å². The average molecular weight is 186 g/mol. The lowest BCUT2D eigenvalue weighted by Gasteiger charge is -2.03. The second kappa shape index (κ2) is 3.14. The fourth-order valence-corrected chi connectivity index (χ4v) is 1.54. The van der Waals surface area contributed by atoms with E-state index in [1.165, 1.54) is 6.07 Å². The van der Waals surface area contributed by atoms with E-state index < -0.39 is 0 Å². The SMILES string of the molecule is Cc1ccc2cc(C=O)cc(O)c2c1. The second-order valence-electron chi connectivity index (χ2n) is 3.38. The zero-order valence-electron chi connectivity index (χ0n) is 7.82. The molecule has 1 N–H and O–H groups in total. The van der Waals surface area contributed by atoms with Crippen LogP contribution in [0.25, 0.3) is 10.8 Å². The lowest BCUT2D eigenvalue weighted by Crippen LogP contribution is -1.82. The Kier molecular flexibility index (Phi) is 1.97. The van der Waals surface area contributed by atoms with E-state index in [0.717, 1.165) is 22.6 Å². The molecule has 0 spiro atoms. The molecule has 2 aromatic rings. The molecule has 0 aliphatic carbocycles. The van der Waals surface area contributed by atoms with Crippen LogP contribution in [0.4, 0.5) is 0 Å². The van der Waals surface area contributed by atoms with E-state index in [9.17, 15) is 9.90 Å². The smallest absolute Gasteiger partial charge is 0.150 e. The number of hydrogen-bond donors (Lipinski definition) is 1. The van der Waals surface area contributed by atoms with Gasteiger partial charge in [0.2, 0.25) is 0 Å². The van der Waals surface area contributed by atoms with Gasteiger partial charge in [-0.2, -0.15) is 0 Å². The van der Waals surface area contributed by atoms with E-state index in [4.69, 9.17) is 0 Å². The Bertz CT molecular complexity index is 501. The van der Waals surface area contributed by atoms with Crippen molar-refractivity contribution in [2.75, 3.05) is 0 Å². The van der Waals surface area contributed by atoms with Crippen molar-refractivity contribution >= 4 is 17.1 Å². The fourth-order valence-electron chi connectivity index (χ4n) is 1.54. The van der Waals surface area contributed by atoms with Crippen molar-refractivity contribution < 1.29 is 9.90 Å². The highest BCUT2D eigenvalue weighted by Gasteiger charge is 2.02. The molecule has 2 nitrogen and oxygen atoms in total. The topological polar surface area (TPSA) is 37.3 Å². The van der Waals surface area contributed by atoms with E-state index in [1.807, 2.05) is 25.1 Å². The molecular formula is C12H10O2. The summed E-state index contributed by atoms with van der Waals surface area (Å²) in [7, 11) is 0. The van der Waals surface area contributed by atoms with Crippen molar-refractivity contribution in [3.63, 3.8) is 0 Å². The summed E-state index contributed by atoms with van der Waals surface area (Å²) in [6.07, 6.45) is 0.735. The minimum absolute atomic E-state index is 0.160. The van der Waals surface area contributed by atoms with E-state index in [1.54, 1.807) is 6.07 Å². The summed E-state index contributed by atoms with van der Waals surface area (Å²) in [6.45, 7) is 1.96. The summed E-state index contributed by atoms with van der Waals surface area (Å²) in [4.78, 5) is 10.6. The third-order valence-electron chi connectivity index (χ3n) is 2.25. The van der Waals surface area contributed by atoms with E-state index in [2.05, 4.69) is 0 Å². The Morgan fingerprint density at radius 1 is 1.21 bits per heavy atom. The van der Waals surface area contributed by atoms with Crippen LogP contribution in [-0.2, 0) is 0 Å². The monoisotopic (exact) mass is 186 g/mol. The number of rotatable bonds is 1. The highest BCUT2D eigenvalue weighted by atomic mass is 16.3. The Morgan fingerprint density at radius 3 is 2.71 bits per heavy atom. The van der Waals surface area contributed by atoms with Gasteiger partial charge in [0.05, 0.1) is 0 Å². The van der Waals surface area contributed by atoms with Gasteiger partial charge in [0.25, 0.3) is 0 Å². The standard InChI is InChI=1S/C12H10O2/c1-8-2-3-10-5-9(7-13)6-12(14)11(10)4-8/h2-7,14H,1H3. The van der Waals surface area contributed by atoms with Crippen molar-refractivity contribution in [1.82, 2.24) is 0 Å². The summed E-state index contributed by atoms with van der Waals surface area (Å²) in [5.74, 6) is 0.160. The van der Waals surface area contributed by atoms with Gasteiger partial charge >= 0.3 is 0 Å².